The summed E-state index contributed by atoms with van der Waals surface area (Å²) in [6.07, 6.45) is 1.79. The molecule has 4 nitrogen and oxygen atoms in total. The second kappa shape index (κ2) is 4.45. The van der Waals surface area contributed by atoms with Crippen molar-refractivity contribution in [1.82, 2.24) is 10.9 Å². The number of nitrogens with one attached hydrogen (secondary N) is 2. The lowest BCUT2D eigenvalue weighted by Crippen LogP contribution is -2.36. The molecule has 1 fully saturated rings. The van der Waals surface area contributed by atoms with Gasteiger partial charge in [0, 0.05) is 11.5 Å². The van der Waals surface area contributed by atoms with Crippen molar-refractivity contribution in [3.05, 3.63) is 36.2 Å². The third kappa shape index (κ3) is 2.75. The molecule has 1 aliphatic carbocycles. The second-order valence-electron chi connectivity index (χ2n) is 4.03. The first-order valence-electron chi connectivity index (χ1n) is 5.31. The van der Waals surface area contributed by atoms with Crippen LogP contribution >= 0.6 is 0 Å². The van der Waals surface area contributed by atoms with Gasteiger partial charge in [-0.05, 0) is 31.0 Å². The van der Waals surface area contributed by atoms with Gasteiger partial charge in [-0.25, -0.2) is 4.39 Å². The maximum absolute atomic E-state index is 13.0. The molecule has 0 heterocycles. The zero-order valence-electron chi connectivity index (χ0n) is 9.16. The quantitative estimate of drug-likeness (QED) is 0.695. The molecule has 90 valence electrons. The van der Waals surface area contributed by atoms with Gasteiger partial charge in [-0.15, -0.1) is 0 Å². The molecule has 3 N–H and O–H groups in total. The monoisotopic (exact) mass is 236 g/mol. The van der Waals surface area contributed by atoms with Crippen molar-refractivity contribution < 1.29 is 14.3 Å². The minimum atomic E-state index is -0.478. The van der Waals surface area contributed by atoms with Crippen LogP contribution in [-0.2, 0) is 4.79 Å². The number of aromatic hydroxyl groups is 1. The van der Waals surface area contributed by atoms with Gasteiger partial charge in [0.15, 0.2) is 0 Å². The highest BCUT2D eigenvalue weighted by molar-refractivity contribution is 5.81. The van der Waals surface area contributed by atoms with E-state index in [1.54, 1.807) is 0 Å². The molecule has 0 spiro atoms. The van der Waals surface area contributed by atoms with E-state index in [1.165, 1.54) is 6.07 Å². The smallest absolute Gasteiger partial charge is 0.241 e. The van der Waals surface area contributed by atoms with Crippen LogP contribution in [0.1, 0.15) is 18.4 Å². The Labute approximate surface area is 98.1 Å². The second-order valence-corrected chi connectivity index (χ2v) is 4.03. The summed E-state index contributed by atoms with van der Waals surface area (Å²) in [7, 11) is 0. The summed E-state index contributed by atoms with van der Waals surface area (Å²) in [4.78, 5) is 11.3. The predicted octanol–water partition coefficient (Wildman–Crippen LogP) is 1.53. The van der Waals surface area contributed by atoms with Crippen molar-refractivity contribution >= 4 is 11.6 Å². The molecule has 1 amide bonds. The number of benzene rings is 1. The molecule has 17 heavy (non-hydrogen) atoms. The first kappa shape index (κ1) is 11.4. The number of rotatable bonds is 4. The Hall–Kier alpha value is -2.04. The summed E-state index contributed by atoms with van der Waals surface area (Å²) in [5, 5.41) is 9.51. The van der Waals surface area contributed by atoms with E-state index in [1.807, 2.05) is 0 Å². The van der Waals surface area contributed by atoms with Crippen LogP contribution in [0.3, 0.4) is 0 Å². The molecule has 0 radical (unpaired) electrons. The van der Waals surface area contributed by atoms with E-state index < -0.39 is 5.82 Å². The average molecular weight is 236 g/mol. The predicted molar refractivity (Wildman–Crippen MR) is 61.1 cm³/mol. The van der Waals surface area contributed by atoms with Crippen LogP contribution < -0.4 is 10.9 Å². The summed E-state index contributed by atoms with van der Waals surface area (Å²) in [6.45, 7) is 3.63. The fraction of sp³-hybridized carbons (Fsp3) is 0.250. The fourth-order valence-electron chi connectivity index (χ4n) is 1.40. The van der Waals surface area contributed by atoms with E-state index in [4.69, 9.17) is 0 Å². The van der Waals surface area contributed by atoms with Gasteiger partial charge in [-0.3, -0.25) is 15.6 Å². The summed E-state index contributed by atoms with van der Waals surface area (Å²) >= 11 is 0. The number of hydrazine groups is 1. The normalized spacial score (nSPS) is 14.2. The summed E-state index contributed by atoms with van der Waals surface area (Å²) in [5.74, 6) is -0.614. The van der Waals surface area contributed by atoms with Crippen molar-refractivity contribution in [1.29, 1.82) is 0 Å². The molecule has 0 bridgehead atoms. The maximum Gasteiger partial charge on any atom is 0.241 e. The van der Waals surface area contributed by atoms with Gasteiger partial charge in [-0.2, -0.15) is 0 Å². The molecule has 0 atom stereocenters. The van der Waals surface area contributed by atoms with Gasteiger partial charge < -0.3 is 5.11 Å². The van der Waals surface area contributed by atoms with Crippen molar-refractivity contribution in [2.75, 3.05) is 0 Å². The first-order chi connectivity index (χ1) is 8.08. The topological polar surface area (TPSA) is 61.4 Å². The summed E-state index contributed by atoms with van der Waals surface area (Å²) in [6, 6.07) is 3.53. The van der Waals surface area contributed by atoms with Crippen LogP contribution in [0.5, 0.6) is 5.75 Å². The highest BCUT2D eigenvalue weighted by atomic mass is 19.1. The molecule has 5 heteroatoms. The Morgan fingerprint density at radius 2 is 2.12 bits per heavy atom. The van der Waals surface area contributed by atoms with E-state index in [0.29, 0.717) is 0 Å². The van der Waals surface area contributed by atoms with Gasteiger partial charge in [0.05, 0.1) is 5.70 Å². The van der Waals surface area contributed by atoms with Crippen LogP contribution in [-0.4, -0.2) is 11.0 Å². The highest BCUT2D eigenvalue weighted by Gasteiger charge is 2.29. The molecule has 1 aliphatic rings. The lowest BCUT2D eigenvalue weighted by molar-refractivity contribution is -0.122. The zero-order chi connectivity index (χ0) is 12.4. The van der Waals surface area contributed by atoms with Crippen molar-refractivity contribution in [2.24, 2.45) is 5.92 Å². The molecular weight excluding hydrogens is 223 g/mol. The number of carbonyl (C=O) groups excluding carboxylic acids is 1. The number of phenols is 1. The van der Waals surface area contributed by atoms with Gasteiger partial charge in [0.25, 0.3) is 0 Å². The lowest BCUT2D eigenvalue weighted by Gasteiger charge is -2.12. The average Bonchev–Trinajstić information content (AvgIpc) is 3.12. The number of hydrogen-bond acceptors (Lipinski definition) is 3. The Morgan fingerprint density at radius 3 is 2.76 bits per heavy atom. The van der Waals surface area contributed by atoms with Gasteiger partial charge >= 0.3 is 0 Å². The molecule has 1 saturated carbocycles. The SMILES string of the molecule is C=C(NNC(=O)C1CC1)c1cc(F)ccc1O. The Morgan fingerprint density at radius 1 is 1.41 bits per heavy atom. The van der Waals surface area contributed by atoms with Crippen molar-refractivity contribution in [3.8, 4) is 5.75 Å². The van der Waals surface area contributed by atoms with E-state index in [-0.39, 0.29) is 28.8 Å². The molecule has 1 aromatic carbocycles. The van der Waals surface area contributed by atoms with E-state index in [0.717, 1.165) is 25.0 Å². The minimum absolute atomic E-state index is 0.0661. The molecule has 2 rings (SSSR count). The minimum Gasteiger partial charge on any atom is -0.507 e. The largest absolute Gasteiger partial charge is 0.507 e. The van der Waals surface area contributed by atoms with Gasteiger partial charge in [0.2, 0.25) is 5.91 Å². The zero-order valence-corrected chi connectivity index (χ0v) is 9.16. The van der Waals surface area contributed by atoms with Crippen LogP contribution in [0, 0.1) is 11.7 Å². The van der Waals surface area contributed by atoms with Crippen LogP contribution in [0.2, 0.25) is 0 Å². The molecule has 0 aliphatic heterocycles. The van der Waals surface area contributed by atoms with Gasteiger partial charge in [0.1, 0.15) is 11.6 Å². The maximum atomic E-state index is 13.0. The van der Waals surface area contributed by atoms with Crippen molar-refractivity contribution in [2.45, 2.75) is 12.8 Å². The van der Waals surface area contributed by atoms with E-state index in [2.05, 4.69) is 17.4 Å². The third-order valence-corrected chi connectivity index (χ3v) is 2.57. The molecule has 1 aromatic rings. The molecule has 0 unspecified atom stereocenters. The Bertz CT molecular complexity index is 470. The number of halogens is 1. The van der Waals surface area contributed by atoms with Gasteiger partial charge in [-0.1, -0.05) is 6.58 Å². The highest BCUT2D eigenvalue weighted by Crippen LogP contribution is 2.28. The lowest BCUT2D eigenvalue weighted by atomic mass is 10.1. The van der Waals surface area contributed by atoms with E-state index >= 15 is 0 Å². The Kier molecular flexibility index (Phi) is 2.99. The summed E-state index contributed by atoms with van der Waals surface area (Å²) < 4.78 is 13.0. The number of phenolic OH excluding ortho intramolecular Hbond substituents is 1. The summed E-state index contributed by atoms with van der Waals surface area (Å²) in [5.41, 5.74) is 5.50. The van der Waals surface area contributed by atoms with Crippen molar-refractivity contribution in [3.63, 3.8) is 0 Å². The first-order valence-corrected chi connectivity index (χ1v) is 5.31. The standard InChI is InChI=1S/C12H13FN2O2/c1-7(14-15-12(17)8-2-3-8)10-6-9(13)4-5-11(10)16/h4-6,8,14,16H,1-3H2,(H,15,17). The third-order valence-electron chi connectivity index (χ3n) is 2.57. The molecular formula is C12H13FN2O2. The number of carbonyl (C=O) groups is 1. The van der Waals surface area contributed by atoms with Crippen LogP contribution in [0.15, 0.2) is 24.8 Å². The fourth-order valence-corrected chi connectivity index (χ4v) is 1.40. The number of hydrogen-bond donors (Lipinski definition) is 3. The molecule has 0 saturated heterocycles. The number of amides is 1. The van der Waals surface area contributed by atoms with Crippen LogP contribution in [0.25, 0.3) is 5.70 Å². The van der Waals surface area contributed by atoms with E-state index in [9.17, 15) is 14.3 Å². The van der Waals surface area contributed by atoms with Crippen LogP contribution in [0.4, 0.5) is 4.39 Å². The Balaban J connectivity index is 1.98. The molecule has 0 aromatic heterocycles.